The number of aryl methyl sites for hydroxylation is 1. The van der Waals surface area contributed by atoms with Gasteiger partial charge in [-0.15, -0.1) is 0 Å². The standard InChI is InChI=1S/C18H13N3O3/c1-12-6-8-17(23-12)18(22)21-20-11-14-7-9-16(24-14)15-5-3-2-4-13(15)10-19/h2-9,11H,1H3,(H,21,22)/b20-11+. The highest BCUT2D eigenvalue weighted by Gasteiger charge is 2.10. The number of carbonyl (C=O) groups is 1. The molecule has 3 aromatic rings. The van der Waals surface area contributed by atoms with Crippen molar-refractivity contribution < 1.29 is 13.6 Å². The second-order valence-corrected chi connectivity index (χ2v) is 4.97. The third-order valence-electron chi connectivity index (χ3n) is 3.26. The van der Waals surface area contributed by atoms with E-state index in [-0.39, 0.29) is 5.76 Å². The van der Waals surface area contributed by atoms with Gasteiger partial charge in [-0.3, -0.25) is 4.79 Å². The second kappa shape index (κ2) is 6.67. The molecule has 3 rings (SSSR count). The Hall–Kier alpha value is -3.59. The summed E-state index contributed by atoms with van der Waals surface area (Å²) in [6.07, 6.45) is 1.38. The van der Waals surface area contributed by atoms with Crippen LogP contribution in [0.5, 0.6) is 0 Å². The Morgan fingerprint density at radius 2 is 2.00 bits per heavy atom. The van der Waals surface area contributed by atoms with Gasteiger partial charge in [-0.25, -0.2) is 5.43 Å². The molecular weight excluding hydrogens is 306 g/mol. The van der Waals surface area contributed by atoms with Crippen LogP contribution in [0, 0.1) is 18.3 Å². The topological polar surface area (TPSA) is 91.5 Å². The van der Waals surface area contributed by atoms with Gasteiger partial charge in [-0.2, -0.15) is 10.4 Å². The average molecular weight is 319 g/mol. The molecule has 0 aliphatic heterocycles. The summed E-state index contributed by atoms with van der Waals surface area (Å²) in [7, 11) is 0. The molecule has 0 bridgehead atoms. The molecule has 0 unspecified atom stereocenters. The van der Waals surface area contributed by atoms with Gasteiger partial charge in [0.25, 0.3) is 0 Å². The Labute approximate surface area is 138 Å². The second-order valence-electron chi connectivity index (χ2n) is 4.97. The molecule has 2 heterocycles. The number of hydrazone groups is 1. The third kappa shape index (κ3) is 3.25. The van der Waals surface area contributed by atoms with Gasteiger partial charge < -0.3 is 8.83 Å². The molecule has 0 saturated heterocycles. The monoisotopic (exact) mass is 319 g/mol. The summed E-state index contributed by atoms with van der Waals surface area (Å²) in [4.78, 5) is 11.8. The van der Waals surface area contributed by atoms with E-state index in [0.717, 1.165) is 0 Å². The lowest BCUT2D eigenvalue weighted by Crippen LogP contribution is -2.16. The number of benzene rings is 1. The summed E-state index contributed by atoms with van der Waals surface area (Å²) < 4.78 is 10.8. The fourth-order valence-electron chi connectivity index (χ4n) is 2.13. The van der Waals surface area contributed by atoms with Crippen LogP contribution in [-0.4, -0.2) is 12.1 Å². The molecule has 1 N–H and O–H groups in total. The number of hydrogen-bond donors (Lipinski definition) is 1. The number of nitriles is 1. The van der Waals surface area contributed by atoms with E-state index in [2.05, 4.69) is 16.6 Å². The fraction of sp³-hybridized carbons (Fsp3) is 0.0556. The normalized spacial score (nSPS) is 10.7. The number of nitrogens with zero attached hydrogens (tertiary/aromatic N) is 2. The fourth-order valence-corrected chi connectivity index (χ4v) is 2.13. The lowest BCUT2D eigenvalue weighted by Gasteiger charge is -1.98. The minimum absolute atomic E-state index is 0.188. The third-order valence-corrected chi connectivity index (χ3v) is 3.26. The maximum Gasteiger partial charge on any atom is 0.307 e. The van der Waals surface area contributed by atoms with E-state index in [4.69, 9.17) is 14.1 Å². The molecule has 118 valence electrons. The average Bonchev–Trinajstić information content (AvgIpc) is 3.24. The highest BCUT2D eigenvalue weighted by Crippen LogP contribution is 2.24. The van der Waals surface area contributed by atoms with Crippen LogP contribution in [-0.2, 0) is 0 Å². The molecular formula is C18H13N3O3. The molecule has 24 heavy (non-hydrogen) atoms. The zero-order chi connectivity index (χ0) is 16.9. The van der Waals surface area contributed by atoms with Crippen LogP contribution < -0.4 is 5.43 Å². The SMILES string of the molecule is Cc1ccc(C(=O)N/N=C/c2ccc(-c3ccccc3C#N)o2)o1. The van der Waals surface area contributed by atoms with Crippen LogP contribution in [0.4, 0.5) is 0 Å². The van der Waals surface area contributed by atoms with Gasteiger partial charge in [-0.1, -0.05) is 12.1 Å². The van der Waals surface area contributed by atoms with Gasteiger partial charge in [0.1, 0.15) is 17.3 Å². The summed E-state index contributed by atoms with van der Waals surface area (Å²) in [6, 6.07) is 16.0. The van der Waals surface area contributed by atoms with Crippen LogP contribution >= 0.6 is 0 Å². The number of hydrogen-bond acceptors (Lipinski definition) is 5. The van der Waals surface area contributed by atoms with Gasteiger partial charge >= 0.3 is 5.91 Å². The van der Waals surface area contributed by atoms with Gasteiger partial charge in [0, 0.05) is 5.56 Å². The smallest absolute Gasteiger partial charge is 0.307 e. The van der Waals surface area contributed by atoms with Crippen molar-refractivity contribution in [2.45, 2.75) is 6.92 Å². The van der Waals surface area contributed by atoms with Gasteiger partial charge in [0.15, 0.2) is 5.76 Å². The molecule has 1 aromatic carbocycles. The van der Waals surface area contributed by atoms with E-state index >= 15 is 0 Å². The van der Waals surface area contributed by atoms with Crippen LogP contribution in [0.2, 0.25) is 0 Å². The molecule has 0 saturated carbocycles. The summed E-state index contributed by atoms with van der Waals surface area (Å²) >= 11 is 0. The van der Waals surface area contributed by atoms with E-state index in [1.807, 2.05) is 6.07 Å². The highest BCUT2D eigenvalue weighted by molar-refractivity contribution is 5.92. The van der Waals surface area contributed by atoms with E-state index in [1.165, 1.54) is 6.21 Å². The number of carbonyl (C=O) groups excluding carboxylic acids is 1. The predicted octanol–water partition coefficient (Wildman–Crippen LogP) is 3.48. The van der Waals surface area contributed by atoms with Crippen molar-refractivity contribution >= 4 is 12.1 Å². The summed E-state index contributed by atoms with van der Waals surface area (Å²) in [5.41, 5.74) is 3.59. The maximum absolute atomic E-state index is 11.8. The van der Waals surface area contributed by atoms with Crippen LogP contribution in [0.15, 0.2) is 62.5 Å². The Balaban J connectivity index is 1.70. The molecule has 0 aliphatic carbocycles. The van der Waals surface area contributed by atoms with Gasteiger partial charge in [0.2, 0.25) is 0 Å². The number of nitrogens with one attached hydrogen (secondary N) is 1. The van der Waals surface area contributed by atoms with Crippen molar-refractivity contribution in [3.8, 4) is 17.4 Å². The Bertz CT molecular complexity index is 944. The zero-order valence-electron chi connectivity index (χ0n) is 12.8. The van der Waals surface area contributed by atoms with Gasteiger partial charge in [-0.05, 0) is 43.3 Å². The molecule has 0 aliphatic rings. The molecule has 6 heteroatoms. The Morgan fingerprint density at radius 1 is 1.17 bits per heavy atom. The number of furan rings is 2. The molecule has 0 fully saturated rings. The number of rotatable bonds is 4. The summed E-state index contributed by atoms with van der Waals surface area (Å²) in [6.45, 7) is 1.75. The van der Waals surface area contributed by atoms with Crippen molar-refractivity contribution in [1.29, 1.82) is 5.26 Å². The minimum atomic E-state index is -0.444. The van der Waals surface area contributed by atoms with Gasteiger partial charge in [0.05, 0.1) is 17.8 Å². The summed E-state index contributed by atoms with van der Waals surface area (Å²) in [5.74, 6) is 1.40. The Morgan fingerprint density at radius 3 is 2.75 bits per heavy atom. The van der Waals surface area contributed by atoms with Crippen molar-refractivity contribution in [2.75, 3.05) is 0 Å². The van der Waals surface area contributed by atoms with Crippen molar-refractivity contribution in [3.63, 3.8) is 0 Å². The van der Waals surface area contributed by atoms with E-state index < -0.39 is 5.91 Å². The van der Waals surface area contributed by atoms with E-state index in [9.17, 15) is 4.79 Å². The van der Waals surface area contributed by atoms with Crippen LogP contribution in [0.1, 0.15) is 27.6 Å². The van der Waals surface area contributed by atoms with Crippen LogP contribution in [0.3, 0.4) is 0 Å². The first-order chi connectivity index (χ1) is 11.7. The van der Waals surface area contributed by atoms with E-state index in [1.54, 1.807) is 49.4 Å². The quantitative estimate of drug-likeness (QED) is 0.588. The molecule has 1 amide bonds. The zero-order valence-corrected chi connectivity index (χ0v) is 12.8. The Kier molecular flexibility index (Phi) is 4.25. The highest BCUT2D eigenvalue weighted by atomic mass is 16.4. The molecule has 6 nitrogen and oxygen atoms in total. The number of amides is 1. The largest absolute Gasteiger partial charge is 0.456 e. The molecule has 0 radical (unpaired) electrons. The minimum Gasteiger partial charge on any atom is -0.456 e. The van der Waals surface area contributed by atoms with Crippen molar-refractivity contribution in [3.05, 3.63) is 71.4 Å². The maximum atomic E-state index is 11.8. The van der Waals surface area contributed by atoms with Crippen molar-refractivity contribution in [1.82, 2.24) is 5.43 Å². The van der Waals surface area contributed by atoms with Crippen LogP contribution in [0.25, 0.3) is 11.3 Å². The van der Waals surface area contributed by atoms with E-state index in [0.29, 0.717) is 28.4 Å². The first kappa shape index (κ1) is 15.3. The first-order valence-corrected chi connectivity index (χ1v) is 7.16. The first-order valence-electron chi connectivity index (χ1n) is 7.16. The summed E-state index contributed by atoms with van der Waals surface area (Å²) in [5, 5.41) is 13.0. The lowest BCUT2D eigenvalue weighted by molar-refractivity contribution is 0.0926. The lowest BCUT2D eigenvalue weighted by atomic mass is 10.1. The molecule has 0 spiro atoms. The predicted molar refractivity (Wildman–Crippen MR) is 87.4 cm³/mol. The molecule has 2 aromatic heterocycles. The molecule has 0 atom stereocenters. The van der Waals surface area contributed by atoms with Crippen molar-refractivity contribution in [2.24, 2.45) is 5.10 Å².